The lowest BCUT2D eigenvalue weighted by molar-refractivity contribution is 0.565. The summed E-state index contributed by atoms with van der Waals surface area (Å²) in [4.78, 5) is 3.82. The summed E-state index contributed by atoms with van der Waals surface area (Å²) >= 11 is 0. The van der Waals surface area contributed by atoms with Crippen LogP contribution in [0.4, 0.5) is 10.1 Å². The number of nitrogens with two attached hydrogens (primary N) is 1. The summed E-state index contributed by atoms with van der Waals surface area (Å²) in [5.41, 5.74) is 5.25. The van der Waals surface area contributed by atoms with Gasteiger partial charge in [0.1, 0.15) is 23.7 Å². The Morgan fingerprint density at radius 1 is 1.40 bits per heavy atom. The molecule has 1 aromatic heterocycles. The molecule has 0 radical (unpaired) electrons. The minimum Gasteiger partial charge on any atom is -0.396 e. The van der Waals surface area contributed by atoms with Gasteiger partial charge in [0.15, 0.2) is 9.84 Å². The van der Waals surface area contributed by atoms with Crippen molar-refractivity contribution >= 4 is 15.5 Å². The lowest BCUT2D eigenvalue weighted by atomic mass is 10.3. The number of halogens is 1. The highest BCUT2D eigenvalue weighted by Crippen LogP contribution is 2.19. The normalized spacial score (nSPS) is 11.7. The van der Waals surface area contributed by atoms with Crippen LogP contribution in [0.1, 0.15) is 19.2 Å². The van der Waals surface area contributed by atoms with E-state index in [1.54, 1.807) is 0 Å². The number of aryl methyl sites for hydroxylation is 1. The number of nitrogen functional groups attached to an aromatic ring is 1. The van der Waals surface area contributed by atoms with Crippen molar-refractivity contribution in [3.05, 3.63) is 36.2 Å². The molecular formula is C12H15FN4O2S. The van der Waals surface area contributed by atoms with E-state index < -0.39 is 15.7 Å². The molecular weight excluding hydrogens is 283 g/mol. The van der Waals surface area contributed by atoms with Crippen molar-refractivity contribution < 1.29 is 12.8 Å². The fourth-order valence-electron chi connectivity index (χ4n) is 1.75. The summed E-state index contributed by atoms with van der Waals surface area (Å²) in [7, 11) is -3.68. The number of anilines is 1. The largest absolute Gasteiger partial charge is 0.396 e. The average molecular weight is 298 g/mol. The Labute approximate surface area is 116 Å². The first-order valence-electron chi connectivity index (χ1n) is 6.08. The highest BCUT2D eigenvalue weighted by Gasteiger charge is 2.20. The van der Waals surface area contributed by atoms with Gasteiger partial charge in [0, 0.05) is 6.54 Å². The molecule has 0 atom stereocenters. The van der Waals surface area contributed by atoms with E-state index in [1.165, 1.54) is 23.1 Å². The molecule has 0 bridgehead atoms. The van der Waals surface area contributed by atoms with Crippen LogP contribution >= 0.6 is 0 Å². The molecule has 108 valence electrons. The van der Waals surface area contributed by atoms with Crippen LogP contribution < -0.4 is 5.73 Å². The molecule has 0 saturated heterocycles. The van der Waals surface area contributed by atoms with Crippen molar-refractivity contribution in [3.8, 4) is 0 Å². The molecule has 0 fully saturated rings. The van der Waals surface area contributed by atoms with E-state index in [-0.39, 0.29) is 16.3 Å². The van der Waals surface area contributed by atoms with Crippen molar-refractivity contribution in [3.63, 3.8) is 0 Å². The quantitative estimate of drug-likeness (QED) is 0.842. The maximum atomic E-state index is 13.4. The minimum atomic E-state index is -3.68. The molecule has 2 rings (SSSR count). The standard InChI is InChI=1S/C12H15FN4O2S/c1-2-5-17-12(15-8-16-17)7-20(18,19)9-3-4-11(14)10(13)6-9/h3-4,6,8H,2,5,7,14H2,1H3. The Kier molecular flexibility index (Phi) is 4.03. The number of nitrogens with zero attached hydrogens (tertiary/aromatic N) is 3. The average Bonchev–Trinajstić information content (AvgIpc) is 2.80. The topological polar surface area (TPSA) is 90.9 Å². The number of hydrogen-bond donors (Lipinski definition) is 1. The van der Waals surface area contributed by atoms with Crippen molar-refractivity contribution in [2.24, 2.45) is 0 Å². The van der Waals surface area contributed by atoms with Gasteiger partial charge in [-0.1, -0.05) is 6.92 Å². The molecule has 0 aliphatic rings. The van der Waals surface area contributed by atoms with Crippen LogP contribution in [-0.2, 0) is 22.1 Å². The van der Waals surface area contributed by atoms with Gasteiger partial charge in [-0.3, -0.25) is 0 Å². The monoisotopic (exact) mass is 298 g/mol. The SMILES string of the molecule is CCCn1ncnc1CS(=O)(=O)c1ccc(N)c(F)c1. The third kappa shape index (κ3) is 2.96. The van der Waals surface area contributed by atoms with E-state index in [0.29, 0.717) is 12.4 Å². The van der Waals surface area contributed by atoms with Gasteiger partial charge in [0.25, 0.3) is 0 Å². The van der Waals surface area contributed by atoms with Crippen LogP contribution in [0.15, 0.2) is 29.4 Å². The summed E-state index contributed by atoms with van der Waals surface area (Å²) in [6, 6.07) is 3.44. The van der Waals surface area contributed by atoms with Crippen LogP contribution in [0.25, 0.3) is 0 Å². The van der Waals surface area contributed by atoms with Crippen molar-refractivity contribution in [2.45, 2.75) is 30.5 Å². The van der Waals surface area contributed by atoms with Gasteiger partial charge in [-0.25, -0.2) is 22.5 Å². The molecule has 2 N–H and O–H groups in total. The molecule has 6 nitrogen and oxygen atoms in total. The van der Waals surface area contributed by atoms with Crippen LogP contribution in [0.5, 0.6) is 0 Å². The predicted molar refractivity (Wildman–Crippen MR) is 72.0 cm³/mol. The van der Waals surface area contributed by atoms with Crippen molar-refractivity contribution in [1.29, 1.82) is 0 Å². The first-order chi connectivity index (χ1) is 9.44. The molecule has 8 heteroatoms. The fourth-order valence-corrected chi connectivity index (χ4v) is 3.04. The van der Waals surface area contributed by atoms with E-state index in [2.05, 4.69) is 10.1 Å². The molecule has 0 amide bonds. The van der Waals surface area contributed by atoms with E-state index in [1.807, 2.05) is 6.92 Å². The smallest absolute Gasteiger partial charge is 0.185 e. The molecule has 20 heavy (non-hydrogen) atoms. The third-order valence-corrected chi connectivity index (χ3v) is 4.39. The van der Waals surface area contributed by atoms with Crippen molar-refractivity contribution in [2.75, 3.05) is 5.73 Å². The van der Waals surface area contributed by atoms with Crippen molar-refractivity contribution in [1.82, 2.24) is 14.8 Å². The third-order valence-electron chi connectivity index (χ3n) is 2.78. The van der Waals surface area contributed by atoms with Gasteiger partial charge in [0.2, 0.25) is 0 Å². The Bertz CT molecular complexity index is 712. The lowest BCUT2D eigenvalue weighted by Gasteiger charge is -2.07. The van der Waals surface area contributed by atoms with Gasteiger partial charge in [-0.05, 0) is 24.6 Å². The van der Waals surface area contributed by atoms with Crippen LogP contribution in [-0.4, -0.2) is 23.2 Å². The lowest BCUT2D eigenvalue weighted by Crippen LogP contribution is -2.12. The molecule has 0 aliphatic carbocycles. The number of hydrogen-bond acceptors (Lipinski definition) is 5. The molecule has 0 aliphatic heterocycles. The molecule has 0 saturated carbocycles. The van der Waals surface area contributed by atoms with E-state index >= 15 is 0 Å². The zero-order chi connectivity index (χ0) is 14.8. The van der Waals surface area contributed by atoms with E-state index in [4.69, 9.17) is 5.73 Å². The van der Waals surface area contributed by atoms with Crippen LogP contribution in [0, 0.1) is 5.82 Å². The zero-order valence-corrected chi connectivity index (χ0v) is 11.8. The van der Waals surface area contributed by atoms with Crippen LogP contribution in [0.2, 0.25) is 0 Å². The van der Waals surface area contributed by atoms with Gasteiger partial charge < -0.3 is 5.73 Å². The summed E-state index contributed by atoms with van der Waals surface area (Å²) in [5, 5.41) is 3.96. The van der Waals surface area contributed by atoms with Gasteiger partial charge >= 0.3 is 0 Å². The van der Waals surface area contributed by atoms with Gasteiger partial charge in [-0.2, -0.15) is 5.10 Å². The number of aromatic nitrogens is 3. The summed E-state index contributed by atoms with van der Waals surface area (Å²) in [5.74, 6) is -0.735. The first kappa shape index (κ1) is 14.4. The van der Waals surface area contributed by atoms with Crippen LogP contribution in [0.3, 0.4) is 0 Å². The molecule has 0 spiro atoms. The van der Waals surface area contributed by atoms with E-state index in [9.17, 15) is 12.8 Å². The van der Waals surface area contributed by atoms with Gasteiger partial charge in [0.05, 0.1) is 10.6 Å². The minimum absolute atomic E-state index is 0.0851. The predicted octanol–water partition coefficient (Wildman–Crippen LogP) is 1.38. The number of sulfone groups is 1. The highest BCUT2D eigenvalue weighted by atomic mass is 32.2. The number of rotatable bonds is 5. The zero-order valence-electron chi connectivity index (χ0n) is 11.0. The Morgan fingerprint density at radius 2 is 2.15 bits per heavy atom. The Morgan fingerprint density at radius 3 is 2.80 bits per heavy atom. The Balaban J connectivity index is 2.31. The Hall–Kier alpha value is -1.96. The molecule has 1 heterocycles. The second-order valence-electron chi connectivity index (χ2n) is 4.34. The van der Waals surface area contributed by atoms with Gasteiger partial charge in [-0.15, -0.1) is 0 Å². The summed E-state index contributed by atoms with van der Waals surface area (Å²) < 4.78 is 39.4. The molecule has 2 aromatic rings. The molecule has 1 aromatic carbocycles. The second-order valence-corrected chi connectivity index (χ2v) is 6.33. The highest BCUT2D eigenvalue weighted by molar-refractivity contribution is 7.90. The summed E-state index contributed by atoms with van der Waals surface area (Å²) in [6.07, 6.45) is 2.12. The number of benzene rings is 1. The fraction of sp³-hybridized carbons (Fsp3) is 0.333. The molecule has 0 unspecified atom stereocenters. The second kappa shape index (κ2) is 5.58. The maximum Gasteiger partial charge on any atom is 0.185 e. The maximum absolute atomic E-state index is 13.4. The first-order valence-corrected chi connectivity index (χ1v) is 7.73. The summed E-state index contributed by atoms with van der Waals surface area (Å²) in [6.45, 7) is 2.54. The van der Waals surface area contributed by atoms with E-state index in [0.717, 1.165) is 12.5 Å².